The number of anilines is 1. The Labute approximate surface area is 88.7 Å². The quantitative estimate of drug-likeness (QED) is 0.742. The molecule has 1 aromatic rings. The second kappa shape index (κ2) is 5.34. The van der Waals surface area contributed by atoms with Gasteiger partial charge in [0.15, 0.2) is 0 Å². The molecule has 0 saturated heterocycles. The Balaban J connectivity index is 2.47. The molecule has 0 fully saturated rings. The molecule has 0 heterocycles. The molecular formula is C11H15FN2O. The van der Waals surface area contributed by atoms with Gasteiger partial charge in [-0.15, -0.1) is 0 Å². The van der Waals surface area contributed by atoms with Gasteiger partial charge in [-0.1, -0.05) is 12.1 Å². The molecule has 0 saturated carbocycles. The average molecular weight is 210 g/mol. The van der Waals surface area contributed by atoms with Gasteiger partial charge in [0, 0.05) is 20.0 Å². The van der Waals surface area contributed by atoms with Gasteiger partial charge in [-0.3, -0.25) is 4.79 Å². The Kier molecular flexibility index (Phi) is 4.09. The zero-order chi connectivity index (χ0) is 11.3. The molecule has 0 unspecified atom stereocenters. The van der Waals surface area contributed by atoms with Crippen molar-refractivity contribution in [2.75, 3.05) is 18.4 Å². The van der Waals surface area contributed by atoms with Gasteiger partial charge in [-0.2, -0.15) is 0 Å². The van der Waals surface area contributed by atoms with Gasteiger partial charge in [0.2, 0.25) is 5.91 Å². The molecule has 82 valence electrons. The molecule has 3 nitrogen and oxygen atoms in total. The average Bonchev–Trinajstić information content (AvgIpc) is 2.15. The SMILES string of the molecule is CC(=O)NCCNc1c(C)cccc1F. The largest absolute Gasteiger partial charge is 0.381 e. The van der Waals surface area contributed by atoms with Crippen molar-refractivity contribution in [1.29, 1.82) is 0 Å². The van der Waals surface area contributed by atoms with E-state index in [9.17, 15) is 9.18 Å². The van der Waals surface area contributed by atoms with Crippen LogP contribution < -0.4 is 10.6 Å². The van der Waals surface area contributed by atoms with Gasteiger partial charge >= 0.3 is 0 Å². The molecule has 1 rings (SSSR count). The number of rotatable bonds is 4. The lowest BCUT2D eigenvalue weighted by Crippen LogP contribution is -2.26. The van der Waals surface area contributed by atoms with Crippen molar-refractivity contribution in [3.8, 4) is 0 Å². The first-order chi connectivity index (χ1) is 7.11. The zero-order valence-corrected chi connectivity index (χ0v) is 8.93. The summed E-state index contributed by atoms with van der Waals surface area (Å²) in [4.78, 5) is 10.6. The van der Waals surface area contributed by atoms with Crippen molar-refractivity contribution < 1.29 is 9.18 Å². The van der Waals surface area contributed by atoms with E-state index in [2.05, 4.69) is 10.6 Å². The highest BCUT2D eigenvalue weighted by molar-refractivity contribution is 5.72. The number of nitrogens with one attached hydrogen (secondary N) is 2. The van der Waals surface area contributed by atoms with Crippen molar-refractivity contribution >= 4 is 11.6 Å². The minimum Gasteiger partial charge on any atom is -0.381 e. The first-order valence-electron chi connectivity index (χ1n) is 4.84. The number of halogens is 1. The summed E-state index contributed by atoms with van der Waals surface area (Å²) in [5.41, 5.74) is 1.36. The molecule has 0 aliphatic carbocycles. The van der Waals surface area contributed by atoms with Crippen LogP contribution in [-0.4, -0.2) is 19.0 Å². The van der Waals surface area contributed by atoms with Crippen LogP contribution in [0.1, 0.15) is 12.5 Å². The molecule has 4 heteroatoms. The van der Waals surface area contributed by atoms with Crippen molar-refractivity contribution in [1.82, 2.24) is 5.32 Å². The Morgan fingerprint density at radius 1 is 1.40 bits per heavy atom. The van der Waals surface area contributed by atoms with Gasteiger partial charge in [0.05, 0.1) is 5.69 Å². The van der Waals surface area contributed by atoms with Crippen LogP contribution in [0.25, 0.3) is 0 Å². The molecule has 0 spiro atoms. The highest BCUT2D eigenvalue weighted by Crippen LogP contribution is 2.17. The lowest BCUT2D eigenvalue weighted by Gasteiger charge is -2.10. The normalized spacial score (nSPS) is 9.80. The van der Waals surface area contributed by atoms with Gasteiger partial charge in [0.1, 0.15) is 5.82 Å². The summed E-state index contributed by atoms with van der Waals surface area (Å²) in [6, 6.07) is 4.92. The number of carbonyl (C=O) groups is 1. The summed E-state index contributed by atoms with van der Waals surface area (Å²) in [6.45, 7) is 4.29. The fourth-order valence-corrected chi connectivity index (χ4v) is 1.28. The molecule has 1 aromatic carbocycles. The summed E-state index contributed by atoms with van der Waals surface area (Å²) in [7, 11) is 0. The third kappa shape index (κ3) is 3.58. The molecule has 0 atom stereocenters. The first-order valence-corrected chi connectivity index (χ1v) is 4.84. The smallest absolute Gasteiger partial charge is 0.216 e. The maximum atomic E-state index is 13.3. The van der Waals surface area contributed by atoms with Gasteiger partial charge < -0.3 is 10.6 Å². The van der Waals surface area contributed by atoms with E-state index in [1.165, 1.54) is 13.0 Å². The Morgan fingerprint density at radius 2 is 2.13 bits per heavy atom. The second-order valence-corrected chi connectivity index (χ2v) is 3.34. The number of hydrogen-bond donors (Lipinski definition) is 2. The predicted octanol–water partition coefficient (Wildman–Crippen LogP) is 1.68. The summed E-state index contributed by atoms with van der Waals surface area (Å²) in [5.74, 6) is -0.347. The topological polar surface area (TPSA) is 41.1 Å². The van der Waals surface area contributed by atoms with Gasteiger partial charge in [-0.05, 0) is 18.6 Å². The number of amides is 1. The third-order valence-corrected chi connectivity index (χ3v) is 2.02. The standard InChI is InChI=1S/C11H15FN2O/c1-8-4-3-5-10(12)11(8)14-7-6-13-9(2)15/h3-5,14H,6-7H2,1-2H3,(H,13,15). The van der Waals surface area contributed by atoms with Crippen LogP contribution in [0.4, 0.5) is 10.1 Å². The Hall–Kier alpha value is -1.58. The van der Waals surface area contributed by atoms with Crippen LogP contribution in [0, 0.1) is 12.7 Å². The molecule has 1 amide bonds. The first kappa shape index (κ1) is 11.5. The highest BCUT2D eigenvalue weighted by atomic mass is 19.1. The van der Waals surface area contributed by atoms with Crippen molar-refractivity contribution in [2.45, 2.75) is 13.8 Å². The zero-order valence-electron chi connectivity index (χ0n) is 8.93. The molecule has 0 aliphatic heterocycles. The molecular weight excluding hydrogens is 195 g/mol. The Bertz CT molecular complexity index is 332. The highest BCUT2D eigenvalue weighted by Gasteiger charge is 2.03. The van der Waals surface area contributed by atoms with E-state index in [0.717, 1.165) is 5.56 Å². The maximum absolute atomic E-state index is 13.3. The summed E-state index contributed by atoms with van der Waals surface area (Å²) in [6.07, 6.45) is 0. The summed E-state index contributed by atoms with van der Waals surface area (Å²) in [5, 5.41) is 5.58. The molecule has 0 aliphatic rings. The second-order valence-electron chi connectivity index (χ2n) is 3.34. The molecule has 15 heavy (non-hydrogen) atoms. The molecule has 0 radical (unpaired) electrons. The number of aryl methyl sites for hydroxylation is 1. The van der Waals surface area contributed by atoms with E-state index in [0.29, 0.717) is 18.8 Å². The van der Waals surface area contributed by atoms with Crippen LogP contribution in [0.15, 0.2) is 18.2 Å². The van der Waals surface area contributed by atoms with E-state index in [-0.39, 0.29) is 11.7 Å². The van der Waals surface area contributed by atoms with E-state index in [1.807, 2.05) is 13.0 Å². The van der Waals surface area contributed by atoms with Crippen LogP contribution in [0.5, 0.6) is 0 Å². The van der Waals surface area contributed by atoms with E-state index in [4.69, 9.17) is 0 Å². The van der Waals surface area contributed by atoms with Crippen molar-refractivity contribution in [2.24, 2.45) is 0 Å². The molecule has 0 bridgehead atoms. The number of carbonyl (C=O) groups excluding carboxylic acids is 1. The van der Waals surface area contributed by atoms with Gasteiger partial charge in [-0.25, -0.2) is 4.39 Å². The van der Waals surface area contributed by atoms with Crippen LogP contribution >= 0.6 is 0 Å². The predicted molar refractivity (Wildman–Crippen MR) is 58.3 cm³/mol. The molecule has 2 N–H and O–H groups in total. The van der Waals surface area contributed by atoms with E-state index in [1.54, 1.807) is 6.07 Å². The third-order valence-electron chi connectivity index (χ3n) is 2.02. The van der Waals surface area contributed by atoms with Crippen LogP contribution in [0.2, 0.25) is 0 Å². The van der Waals surface area contributed by atoms with Crippen molar-refractivity contribution in [3.05, 3.63) is 29.6 Å². The maximum Gasteiger partial charge on any atom is 0.216 e. The fraction of sp³-hybridized carbons (Fsp3) is 0.364. The summed E-state index contributed by atoms with van der Waals surface area (Å²) >= 11 is 0. The monoisotopic (exact) mass is 210 g/mol. The van der Waals surface area contributed by atoms with E-state index < -0.39 is 0 Å². The lowest BCUT2D eigenvalue weighted by molar-refractivity contribution is -0.118. The van der Waals surface area contributed by atoms with Crippen LogP contribution in [-0.2, 0) is 4.79 Å². The number of para-hydroxylation sites is 1. The fourth-order valence-electron chi connectivity index (χ4n) is 1.28. The van der Waals surface area contributed by atoms with Gasteiger partial charge in [0.25, 0.3) is 0 Å². The molecule has 0 aromatic heterocycles. The number of hydrogen-bond acceptors (Lipinski definition) is 2. The summed E-state index contributed by atoms with van der Waals surface area (Å²) < 4.78 is 13.3. The minimum atomic E-state index is -0.266. The van der Waals surface area contributed by atoms with E-state index >= 15 is 0 Å². The Morgan fingerprint density at radius 3 is 2.73 bits per heavy atom. The van der Waals surface area contributed by atoms with Crippen molar-refractivity contribution in [3.63, 3.8) is 0 Å². The van der Waals surface area contributed by atoms with Crippen LogP contribution in [0.3, 0.4) is 0 Å². The number of benzene rings is 1. The lowest BCUT2D eigenvalue weighted by atomic mass is 10.2. The minimum absolute atomic E-state index is 0.0814.